The zero-order chi connectivity index (χ0) is 18.3. The molecule has 3 aromatic rings. The summed E-state index contributed by atoms with van der Waals surface area (Å²) in [5.41, 5.74) is 10.5. The molecule has 3 aromatic carbocycles. The van der Waals surface area contributed by atoms with Crippen molar-refractivity contribution >= 4 is 17.6 Å². The largest absolute Gasteiger partial charge is 0.456 e. The minimum absolute atomic E-state index is 0.806. The monoisotopic (exact) mass is 346 g/mol. The van der Waals surface area contributed by atoms with Crippen LogP contribution in [0.2, 0.25) is 0 Å². The molecule has 0 aromatic heterocycles. The second-order valence-corrected chi connectivity index (χ2v) is 6.13. The summed E-state index contributed by atoms with van der Waals surface area (Å²) in [5.74, 6) is 1.61. The third-order valence-corrected chi connectivity index (χ3v) is 4.16. The van der Waals surface area contributed by atoms with Crippen LogP contribution in [0.15, 0.2) is 120 Å². The summed E-state index contributed by atoms with van der Waals surface area (Å²) < 4.78 is 6.18. The summed E-state index contributed by atoms with van der Waals surface area (Å²) in [7, 11) is 0. The van der Waals surface area contributed by atoms with Crippen molar-refractivity contribution in [1.82, 2.24) is 0 Å². The number of hydrogen-bond acceptors (Lipinski definition) is 1. The molecular weight excluding hydrogens is 328 g/mol. The lowest BCUT2D eigenvalue weighted by Gasteiger charge is -2.18. The number of rotatable bonds is 3. The van der Waals surface area contributed by atoms with Gasteiger partial charge in [0.25, 0.3) is 0 Å². The summed E-state index contributed by atoms with van der Waals surface area (Å²) in [6, 6.07) is 30.3. The minimum atomic E-state index is 0.806. The van der Waals surface area contributed by atoms with Crippen LogP contribution >= 0.6 is 0 Å². The lowest BCUT2D eigenvalue weighted by Crippen LogP contribution is -1.99. The van der Waals surface area contributed by atoms with Gasteiger partial charge in [-0.05, 0) is 23.8 Å². The van der Waals surface area contributed by atoms with Gasteiger partial charge in [-0.2, -0.15) is 0 Å². The third-order valence-electron chi connectivity index (χ3n) is 4.16. The first-order valence-electron chi connectivity index (χ1n) is 8.87. The molecule has 0 unspecified atom stereocenters. The van der Waals surface area contributed by atoms with Gasteiger partial charge in [-0.1, -0.05) is 102 Å². The van der Waals surface area contributed by atoms with E-state index < -0.39 is 0 Å². The van der Waals surface area contributed by atoms with Crippen LogP contribution in [0, 0.1) is 0 Å². The van der Waals surface area contributed by atoms with Crippen molar-refractivity contribution in [3.8, 4) is 0 Å². The van der Waals surface area contributed by atoms with Gasteiger partial charge in [0.15, 0.2) is 0 Å². The smallest absolute Gasteiger partial charge is 0.135 e. The highest BCUT2D eigenvalue weighted by molar-refractivity contribution is 5.77. The number of allylic oxidation sites excluding steroid dienone is 3. The van der Waals surface area contributed by atoms with Gasteiger partial charge >= 0.3 is 0 Å². The van der Waals surface area contributed by atoms with Crippen LogP contribution in [0.3, 0.4) is 0 Å². The second-order valence-electron chi connectivity index (χ2n) is 6.13. The van der Waals surface area contributed by atoms with Crippen LogP contribution in [-0.2, 0) is 4.74 Å². The summed E-state index contributed by atoms with van der Waals surface area (Å²) in [4.78, 5) is 0. The molecule has 0 saturated carbocycles. The predicted molar refractivity (Wildman–Crippen MR) is 111 cm³/mol. The quantitative estimate of drug-likeness (QED) is 0.492. The van der Waals surface area contributed by atoms with E-state index >= 15 is 0 Å². The van der Waals surface area contributed by atoms with Crippen LogP contribution in [0.5, 0.6) is 0 Å². The lowest BCUT2D eigenvalue weighted by atomic mass is 10.0. The standard InChI is InChI=1S/C26H18O/c1-4-11-21(12-5-1)13-10-14-22-19-25(23-15-6-2-7-16-23)27-26(20-22)24-17-8-3-9-18-24/h1-9,11-13,15-20H. The highest BCUT2D eigenvalue weighted by Gasteiger charge is 2.14. The Kier molecular flexibility index (Phi) is 5.00. The Hall–Kier alpha value is -3.76. The summed E-state index contributed by atoms with van der Waals surface area (Å²) >= 11 is 0. The summed E-state index contributed by atoms with van der Waals surface area (Å²) in [6.07, 6.45) is 5.91. The highest BCUT2D eigenvalue weighted by atomic mass is 16.5. The Bertz CT molecular complexity index is 1020. The van der Waals surface area contributed by atoms with Gasteiger partial charge < -0.3 is 4.74 Å². The maximum absolute atomic E-state index is 6.18. The van der Waals surface area contributed by atoms with Crippen molar-refractivity contribution in [1.29, 1.82) is 0 Å². The van der Waals surface area contributed by atoms with E-state index in [1.54, 1.807) is 0 Å². The zero-order valence-electron chi connectivity index (χ0n) is 14.8. The molecular formula is C26H18O. The SMILES string of the molecule is C(=C=C1C=C(c2ccccc2)OC(c2ccccc2)=C1)=Cc1ccccc1. The van der Waals surface area contributed by atoms with Crippen LogP contribution in [0.1, 0.15) is 16.7 Å². The Labute approximate surface area is 159 Å². The van der Waals surface area contributed by atoms with Crippen molar-refractivity contribution in [2.45, 2.75) is 0 Å². The molecule has 0 bridgehead atoms. The van der Waals surface area contributed by atoms with Crippen molar-refractivity contribution in [3.05, 3.63) is 137 Å². The van der Waals surface area contributed by atoms with Crippen LogP contribution < -0.4 is 0 Å². The van der Waals surface area contributed by atoms with E-state index in [0.717, 1.165) is 33.8 Å². The topological polar surface area (TPSA) is 9.23 Å². The molecule has 0 spiro atoms. The fourth-order valence-corrected chi connectivity index (χ4v) is 2.82. The minimum Gasteiger partial charge on any atom is -0.456 e. The maximum Gasteiger partial charge on any atom is 0.135 e. The van der Waals surface area contributed by atoms with Gasteiger partial charge in [0.05, 0.1) is 0 Å². The van der Waals surface area contributed by atoms with E-state index in [1.807, 2.05) is 109 Å². The van der Waals surface area contributed by atoms with Gasteiger partial charge in [-0.25, -0.2) is 0 Å². The molecule has 0 N–H and O–H groups in total. The fourth-order valence-electron chi connectivity index (χ4n) is 2.82. The van der Waals surface area contributed by atoms with E-state index in [1.165, 1.54) is 0 Å². The first-order valence-corrected chi connectivity index (χ1v) is 8.87. The van der Waals surface area contributed by atoms with Crippen molar-refractivity contribution in [3.63, 3.8) is 0 Å². The molecule has 27 heavy (non-hydrogen) atoms. The van der Waals surface area contributed by atoms with E-state index in [0.29, 0.717) is 0 Å². The predicted octanol–water partition coefficient (Wildman–Crippen LogP) is 6.49. The molecule has 0 aliphatic carbocycles. The van der Waals surface area contributed by atoms with Gasteiger partial charge in [0.1, 0.15) is 11.5 Å². The van der Waals surface area contributed by atoms with Gasteiger partial charge in [0, 0.05) is 16.7 Å². The molecule has 1 heterocycles. The van der Waals surface area contributed by atoms with E-state index in [2.05, 4.69) is 11.5 Å². The molecule has 4 rings (SSSR count). The Balaban J connectivity index is 1.77. The summed E-state index contributed by atoms with van der Waals surface area (Å²) in [6.45, 7) is 0. The summed E-state index contributed by atoms with van der Waals surface area (Å²) in [5, 5.41) is 0. The lowest BCUT2D eigenvalue weighted by molar-refractivity contribution is 0.467. The average molecular weight is 346 g/mol. The second kappa shape index (κ2) is 8.08. The molecule has 1 heteroatoms. The molecule has 0 amide bonds. The molecule has 128 valence electrons. The van der Waals surface area contributed by atoms with Gasteiger partial charge in [0.2, 0.25) is 0 Å². The Morgan fingerprint density at radius 3 is 1.59 bits per heavy atom. The Morgan fingerprint density at radius 1 is 0.593 bits per heavy atom. The normalized spacial score (nSPS) is 12.8. The van der Waals surface area contributed by atoms with E-state index in [9.17, 15) is 0 Å². The number of hydrogen-bond donors (Lipinski definition) is 0. The van der Waals surface area contributed by atoms with E-state index in [4.69, 9.17) is 4.74 Å². The van der Waals surface area contributed by atoms with Crippen LogP contribution in [0.25, 0.3) is 17.6 Å². The van der Waals surface area contributed by atoms with Crippen molar-refractivity contribution < 1.29 is 4.74 Å². The number of ether oxygens (including phenoxy) is 1. The first kappa shape index (κ1) is 16.7. The fraction of sp³-hybridized carbons (Fsp3) is 0. The molecule has 0 saturated heterocycles. The van der Waals surface area contributed by atoms with Crippen LogP contribution in [-0.4, -0.2) is 0 Å². The third kappa shape index (κ3) is 4.26. The number of benzene rings is 3. The first-order chi connectivity index (χ1) is 13.4. The molecule has 0 atom stereocenters. The molecule has 1 aliphatic rings. The van der Waals surface area contributed by atoms with Crippen LogP contribution in [0.4, 0.5) is 0 Å². The van der Waals surface area contributed by atoms with Crippen molar-refractivity contribution in [2.75, 3.05) is 0 Å². The highest BCUT2D eigenvalue weighted by Crippen LogP contribution is 2.31. The van der Waals surface area contributed by atoms with Crippen molar-refractivity contribution in [2.24, 2.45) is 0 Å². The average Bonchev–Trinajstić information content (AvgIpc) is 2.76. The van der Waals surface area contributed by atoms with Gasteiger partial charge in [-0.3, -0.25) is 0 Å². The zero-order valence-corrected chi connectivity index (χ0v) is 14.8. The Morgan fingerprint density at radius 2 is 1.07 bits per heavy atom. The van der Waals surface area contributed by atoms with E-state index in [-0.39, 0.29) is 0 Å². The maximum atomic E-state index is 6.18. The molecule has 0 fully saturated rings. The molecule has 0 radical (unpaired) electrons. The molecule has 1 aliphatic heterocycles. The van der Waals surface area contributed by atoms with Gasteiger partial charge in [-0.15, -0.1) is 0 Å². The molecule has 1 nitrogen and oxygen atoms in total.